The van der Waals surface area contributed by atoms with E-state index in [1.54, 1.807) is 25.1 Å². The Hall–Kier alpha value is -1.20. The van der Waals surface area contributed by atoms with Gasteiger partial charge in [-0.1, -0.05) is 57.2 Å². The highest BCUT2D eigenvalue weighted by Gasteiger charge is 2.05. The lowest BCUT2D eigenvalue weighted by Crippen LogP contribution is -1.96. The van der Waals surface area contributed by atoms with Gasteiger partial charge < -0.3 is 4.79 Å². The fourth-order valence-electron chi connectivity index (χ4n) is 1.75. The molecule has 0 unspecified atom stereocenters. The molecular weight excluding hydrogens is 288 g/mol. The molecule has 0 aromatic heterocycles. The van der Waals surface area contributed by atoms with Crippen LogP contribution in [0.2, 0.25) is 0 Å². The smallest absolute Gasteiger partial charge is 0.294 e. The van der Waals surface area contributed by atoms with Crippen molar-refractivity contribution in [2.75, 3.05) is 0 Å². The minimum Gasteiger partial charge on any atom is -0.300 e. The highest BCUT2D eigenvalue weighted by molar-refractivity contribution is 7.85. The predicted molar refractivity (Wildman–Crippen MR) is 84.9 cm³/mol. The molecule has 0 atom stereocenters. The van der Waals surface area contributed by atoms with Gasteiger partial charge >= 0.3 is 0 Å². The fraction of sp³-hybridized carbons (Fsp3) is 0.562. The van der Waals surface area contributed by atoms with Crippen molar-refractivity contribution in [3.8, 4) is 0 Å². The van der Waals surface area contributed by atoms with Crippen LogP contribution in [0.4, 0.5) is 0 Å². The zero-order chi connectivity index (χ0) is 16.1. The molecule has 0 aliphatic heterocycles. The molecule has 21 heavy (non-hydrogen) atoms. The van der Waals surface area contributed by atoms with E-state index in [2.05, 4.69) is 6.92 Å². The summed E-state index contributed by atoms with van der Waals surface area (Å²) in [7, 11) is -4.00. The number of Topliss-reactive ketones (excluding diaryl/α,β-unsaturated/α-hetero) is 1. The molecule has 1 rings (SSSR count). The van der Waals surface area contributed by atoms with E-state index in [9.17, 15) is 13.2 Å². The van der Waals surface area contributed by atoms with Gasteiger partial charge in [0.05, 0.1) is 4.90 Å². The van der Waals surface area contributed by atoms with E-state index < -0.39 is 10.1 Å². The number of ketones is 1. The van der Waals surface area contributed by atoms with E-state index in [4.69, 9.17) is 4.55 Å². The number of hydrogen-bond donors (Lipinski definition) is 1. The Labute approximate surface area is 128 Å². The minimum absolute atomic E-state index is 0.0741. The molecule has 5 heteroatoms. The van der Waals surface area contributed by atoms with Gasteiger partial charge in [-0.3, -0.25) is 4.55 Å². The maximum absolute atomic E-state index is 10.5. The maximum Gasteiger partial charge on any atom is 0.294 e. The second-order valence-electron chi connectivity index (χ2n) is 5.01. The summed E-state index contributed by atoms with van der Waals surface area (Å²) in [5.41, 5.74) is 0. The van der Waals surface area contributed by atoms with Gasteiger partial charge in [-0.15, -0.1) is 0 Å². The first-order chi connectivity index (χ1) is 9.88. The summed E-state index contributed by atoms with van der Waals surface area (Å²) in [6, 6.07) is 7.42. The third kappa shape index (κ3) is 12.3. The lowest BCUT2D eigenvalue weighted by Gasteiger charge is -1.97. The highest BCUT2D eigenvalue weighted by Crippen LogP contribution is 2.06. The van der Waals surface area contributed by atoms with E-state index in [0.29, 0.717) is 5.78 Å². The average molecular weight is 314 g/mol. The van der Waals surface area contributed by atoms with Gasteiger partial charge in [0.1, 0.15) is 5.78 Å². The number of hydrogen-bond acceptors (Lipinski definition) is 3. The van der Waals surface area contributed by atoms with Crippen LogP contribution in [0.25, 0.3) is 0 Å². The number of carbonyl (C=O) groups excluding carboxylic acids is 1. The van der Waals surface area contributed by atoms with Crippen molar-refractivity contribution in [2.45, 2.75) is 63.7 Å². The molecule has 1 aromatic rings. The lowest BCUT2D eigenvalue weighted by atomic mass is 10.1. The summed E-state index contributed by atoms with van der Waals surface area (Å²) in [4.78, 5) is 10.5. The monoisotopic (exact) mass is 314 g/mol. The Morgan fingerprint density at radius 1 is 1.00 bits per heavy atom. The molecule has 0 aliphatic carbocycles. The van der Waals surface area contributed by atoms with E-state index in [0.717, 1.165) is 12.8 Å². The molecular formula is C16H26O4S. The van der Waals surface area contributed by atoms with E-state index in [-0.39, 0.29) is 4.90 Å². The van der Waals surface area contributed by atoms with Crippen molar-refractivity contribution in [3.05, 3.63) is 30.3 Å². The molecule has 0 radical (unpaired) electrons. The van der Waals surface area contributed by atoms with Crippen molar-refractivity contribution in [1.29, 1.82) is 0 Å². The Morgan fingerprint density at radius 2 is 1.52 bits per heavy atom. The summed E-state index contributed by atoms with van der Waals surface area (Å²) in [5, 5.41) is 0. The molecule has 4 nitrogen and oxygen atoms in total. The summed E-state index contributed by atoms with van der Waals surface area (Å²) in [6.45, 7) is 3.89. The van der Waals surface area contributed by atoms with E-state index >= 15 is 0 Å². The third-order valence-electron chi connectivity index (χ3n) is 2.92. The summed E-state index contributed by atoms with van der Waals surface area (Å²) >= 11 is 0. The number of carbonyl (C=O) groups is 1. The molecule has 0 amide bonds. The van der Waals surface area contributed by atoms with Crippen molar-refractivity contribution >= 4 is 15.9 Å². The Morgan fingerprint density at radius 3 is 1.95 bits per heavy atom. The molecule has 1 aromatic carbocycles. The van der Waals surface area contributed by atoms with Crippen molar-refractivity contribution in [1.82, 2.24) is 0 Å². The maximum atomic E-state index is 10.5. The van der Waals surface area contributed by atoms with Gasteiger partial charge in [0, 0.05) is 6.42 Å². The molecule has 0 bridgehead atoms. The first-order valence-electron chi connectivity index (χ1n) is 7.40. The molecule has 0 saturated carbocycles. The predicted octanol–water partition coefficient (Wildman–Crippen LogP) is 4.26. The number of benzene rings is 1. The fourth-order valence-corrected chi connectivity index (χ4v) is 2.25. The highest BCUT2D eigenvalue weighted by atomic mass is 32.2. The van der Waals surface area contributed by atoms with E-state index in [1.807, 2.05) is 0 Å². The van der Waals surface area contributed by atoms with E-state index in [1.165, 1.54) is 44.2 Å². The van der Waals surface area contributed by atoms with Crippen LogP contribution in [0.15, 0.2) is 35.2 Å². The second kappa shape index (κ2) is 11.5. The van der Waals surface area contributed by atoms with Gasteiger partial charge in [-0.2, -0.15) is 8.42 Å². The zero-order valence-electron chi connectivity index (χ0n) is 12.9. The summed E-state index contributed by atoms with van der Waals surface area (Å²) in [5.74, 6) is 0.334. The van der Waals surface area contributed by atoms with Crippen LogP contribution in [0.5, 0.6) is 0 Å². The van der Waals surface area contributed by atoms with Gasteiger partial charge in [0.15, 0.2) is 0 Å². The van der Waals surface area contributed by atoms with Gasteiger partial charge in [0.2, 0.25) is 0 Å². The quantitative estimate of drug-likeness (QED) is 0.575. The Kier molecular flexibility index (Phi) is 10.8. The SMILES string of the molecule is CCCCCCCCC(C)=O.O=S(=O)(O)c1ccccc1. The lowest BCUT2D eigenvalue weighted by molar-refractivity contribution is -0.117. The van der Waals surface area contributed by atoms with Crippen molar-refractivity contribution < 1.29 is 17.8 Å². The summed E-state index contributed by atoms with van der Waals surface area (Å²) < 4.78 is 29.2. The van der Waals surface area contributed by atoms with Gasteiger partial charge in [-0.05, 0) is 25.5 Å². The third-order valence-corrected chi connectivity index (χ3v) is 3.79. The van der Waals surface area contributed by atoms with Crippen molar-refractivity contribution in [3.63, 3.8) is 0 Å². The van der Waals surface area contributed by atoms with Gasteiger partial charge in [0.25, 0.3) is 10.1 Å². The second-order valence-corrected chi connectivity index (χ2v) is 6.43. The van der Waals surface area contributed by atoms with Crippen molar-refractivity contribution in [2.24, 2.45) is 0 Å². The van der Waals surface area contributed by atoms with Crippen LogP contribution >= 0.6 is 0 Å². The molecule has 0 aliphatic rings. The average Bonchev–Trinajstić information content (AvgIpc) is 2.43. The van der Waals surface area contributed by atoms with Crippen LogP contribution in [0, 0.1) is 0 Å². The molecule has 1 N–H and O–H groups in total. The molecule has 120 valence electrons. The first-order valence-corrected chi connectivity index (χ1v) is 8.84. The molecule has 0 saturated heterocycles. The molecule has 0 spiro atoms. The minimum atomic E-state index is -4.00. The first kappa shape index (κ1) is 19.8. The largest absolute Gasteiger partial charge is 0.300 e. The van der Waals surface area contributed by atoms with Crippen LogP contribution < -0.4 is 0 Å². The Bertz CT molecular complexity index is 480. The van der Waals surface area contributed by atoms with Crippen LogP contribution in [-0.2, 0) is 14.9 Å². The molecule has 0 fully saturated rings. The zero-order valence-corrected chi connectivity index (χ0v) is 13.7. The number of rotatable bonds is 8. The standard InChI is InChI=1S/C10H20O.C6H6O3S/c1-3-4-5-6-7-8-9-10(2)11;7-10(8,9)6-4-2-1-3-5-6/h3-9H2,1-2H3;1-5H,(H,7,8,9). The topological polar surface area (TPSA) is 71.4 Å². The van der Waals surface area contributed by atoms with Crippen LogP contribution in [0.1, 0.15) is 58.8 Å². The Balaban J connectivity index is 0.000000382. The normalized spacial score (nSPS) is 10.6. The van der Waals surface area contributed by atoms with Crippen LogP contribution in [-0.4, -0.2) is 18.8 Å². The van der Waals surface area contributed by atoms with Crippen LogP contribution in [0.3, 0.4) is 0 Å². The number of unbranched alkanes of at least 4 members (excludes halogenated alkanes) is 5. The molecule has 0 heterocycles. The van der Waals surface area contributed by atoms with Gasteiger partial charge in [-0.25, -0.2) is 0 Å². The summed E-state index contributed by atoms with van der Waals surface area (Å²) in [6.07, 6.45) is 8.41.